The van der Waals surface area contributed by atoms with E-state index in [2.05, 4.69) is 9.72 Å². The minimum absolute atomic E-state index is 0.0442. The minimum Gasteiger partial charge on any atom is -0.408 e. The number of fused-ring (bicyclic) bond motifs is 1. The molecular weight excluding hydrogens is 232 g/mol. The van der Waals surface area contributed by atoms with E-state index < -0.39 is 6.61 Å². The molecule has 1 aromatic heterocycles. The smallest absolute Gasteiger partial charge is 0.389 e. The zero-order chi connectivity index (χ0) is 10.1. The lowest BCUT2D eigenvalue weighted by Gasteiger charge is -1.95. The summed E-state index contributed by atoms with van der Waals surface area (Å²) < 4.78 is 28.6. The van der Waals surface area contributed by atoms with Crippen LogP contribution >= 0.6 is 22.9 Å². The predicted octanol–water partition coefficient (Wildman–Crippen LogP) is 3.55. The number of halogens is 3. The molecule has 0 amide bonds. The highest BCUT2D eigenvalue weighted by molar-refractivity contribution is 7.20. The van der Waals surface area contributed by atoms with E-state index in [0.717, 1.165) is 16.0 Å². The maximum atomic E-state index is 11.8. The molecule has 74 valence electrons. The van der Waals surface area contributed by atoms with Crippen LogP contribution in [0, 0.1) is 0 Å². The second-order valence-electron chi connectivity index (χ2n) is 2.47. The number of hydrogen-bond donors (Lipinski definition) is 0. The number of ether oxygens (including phenoxy) is 1. The highest BCUT2D eigenvalue weighted by Gasteiger charge is 2.09. The first kappa shape index (κ1) is 9.61. The topological polar surface area (TPSA) is 22.1 Å². The quantitative estimate of drug-likeness (QED) is 0.794. The van der Waals surface area contributed by atoms with E-state index in [4.69, 9.17) is 11.6 Å². The molecule has 0 saturated heterocycles. The molecule has 0 aliphatic carbocycles. The van der Waals surface area contributed by atoms with Crippen LogP contribution in [0.2, 0.25) is 5.02 Å². The van der Waals surface area contributed by atoms with Gasteiger partial charge in [-0.25, -0.2) is 4.98 Å². The molecular formula is C8H4ClF2NOS. The first-order chi connectivity index (χ1) is 6.65. The molecule has 0 bridgehead atoms. The zero-order valence-corrected chi connectivity index (χ0v) is 8.28. The minimum atomic E-state index is -2.84. The van der Waals surface area contributed by atoms with E-state index in [1.807, 2.05) is 0 Å². The lowest BCUT2D eigenvalue weighted by Crippen LogP contribution is -2.00. The Morgan fingerprint density at radius 1 is 1.43 bits per heavy atom. The summed E-state index contributed by atoms with van der Waals surface area (Å²) in [5.41, 5.74) is 0.568. The fourth-order valence-electron chi connectivity index (χ4n) is 1.01. The molecule has 2 nitrogen and oxygen atoms in total. The maximum absolute atomic E-state index is 11.8. The summed E-state index contributed by atoms with van der Waals surface area (Å²) in [6.07, 6.45) is 0. The normalized spacial score (nSPS) is 11.1. The van der Waals surface area contributed by atoms with E-state index in [1.165, 1.54) is 0 Å². The van der Waals surface area contributed by atoms with Gasteiger partial charge < -0.3 is 4.74 Å². The summed E-state index contributed by atoms with van der Waals surface area (Å²) in [6.45, 7) is -2.84. The number of aromatic nitrogens is 1. The third-order valence-corrected chi connectivity index (χ3v) is 2.68. The molecule has 0 spiro atoms. The van der Waals surface area contributed by atoms with Crippen LogP contribution in [-0.4, -0.2) is 11.6 Å². The predicted molar refractivity (Wildman–Crippen MR) is 51.3 cm³/mol. The molecule has 0 aliphatic rings. The van der Waals surface area contributed by atoms with Gasteiger partial charge in [0.15, 0.2) is 0 Å². The van der Waals surface area contributed by atoms with Gasteiger partial charge in [-0.15, -0.1) is 0 Å². The largest absolute Gasteiger partial charge is 0.408 e. The van der Waals surface area contributed by atoms with Crippen molar-refractivity contribution in [2.75, 3.05) is 0 Å². The summed E-state index contributed by atoms with van der Waals surface area (Å²) in [4.78, 5) is 3.85. The monoisotopic (exact) mass is 235 g/mol. The van der Waals surface area contributed by atoms with E-state index in [0.29, 0.717) is 10.5 Å². The van der Waals surface area contributed by atoms with Crippen LogP contribution in [0.3, 0.4) is 0 Å². The molecule has 1 aromatic carbocycles. The third-order valence-electron chi connectivity index (χ3n) is 1.52. The first-order valence-corrected chi connectivity index (χ1v) is 4.85. The summed E-state index contributed by atoms with van der Waals surface area (Å²) in [5, 5.41) is 0.476. The number of thiazole rings is 1. The number of nitrogens with zero attached hydrogens (tertiary/aromatic N) is 1. The van der Waals surface area contributed by atoms with Crippen molar-refractivity contribution in [3.05, 3.63) is 23.2 Å². The Balaban J connectivity index is 2.41. The molecule has 0 unspecified atom stereocenters. The van der Waals surface area contributed by atoms with Crippen molar-refractivity contribution in [2.45, 2.75) is 6.61 Å². The van der Waals surface area contributed by atoms with E-state index in [-0.39, 0.29) is 5.19 Å². The van der Waals surface area contributed by atoms with Gasteiger partial charge in [0.05, 0.1) is 10.2 Å². The fourth-order valence-corrected chi connectivity index (χ4v) is 1.97. The van der Waals surface area contributed by atoms with Crippen LogP contribution in [0.15, 0.2) is 18.2 Å². The van der Waals surface area contributed by atoms with Crippen molar-refractivity contribution in [3.63, 3.8) is 0 Å². The maximum Gasteiger partial charge on any atom is 0.389 e. The van der Waals surface area contributed by atoms with Gasteiger partial charge in [0.2, 0.25) is 0 Å². The van der Waals surface area contributed by atoms with Crippen LogP contribution in [0.4, 0.5) is 8.78 Å². The average Bonchev–Trinajstić information content (AvgIpc) is 2.44. The van der Waals surface area contributed by atoms with E-state index in [9.17, 15) is 8.78 Å². The number of benzene rings is 1. The molecule has 0 N–H and O–H groups in total. The van der Waals surface area contributed by atoms with Crippen molar-refractivity contribution >= 4 is 33.2 Å². The van der Waals surface area contributed by atoms with Crippen molar-refractivity contribution in [3.8, 4) is 5.19 Å². The molecule has 0 saturated carbocycles. The number of hydrogen-bond acceptors (Lipinski definition) is 3. The van der Waals surface area contributed by atoms with Crippen molar-refractivity contribution < 1.29 is 13.5 Å². The molecule has 0 radical (unpaired) electrons. The SMILES string of the molecule is FC(F)Oc1nc2cc(Cl)ccc2s1. The van der Waals surface area contributed by atoms with Gasteiger partial charge in [-0.3, -0.25) is 0 Å². The standard InChI is InChI=1S/C8H4ClF2NOS/c9-4-1-2-6-5(3-4)12-8(14-6)13-7(10)11/h1-3,7H. The summed E-state index contributed by atoms with van der Waals surface area (Å²) in [5.74, 6) is 0. The molecule has 2 rings (SSSR count). The molecule has 1 heterocycles. The van der Waals surface area contributed by atoms with Gasteiger partial charge in [0, 0.05) is 5.02 Å². The Morgan fingerprint density at radius 2 is 2.21 bits per heavy atom. The molecule has 6 heteroatoms. The highest BCUT2D eigenvalue weighted by atomic mass is 35.5. The Labute approximate surface area is 87.1 Å². The molecule has 0 atom stereocenters. The number of alkyl halides is 2. The molecule has 14 heavy (non-hydrogen) atoms. The van der Waals surface area contributed by atoms with Gasteiger partial charge in [-0.2, -0.15) is 8.78 Å². The van der Waals surface area contributed by atoms with Gasteiger partial charge in [-0.05, 0) is 18.2 Å². The lowest BCUT2D eigenvalue weighted by atomic mass is 10.3. The summed E-state index contributed by atoms with van der Waals surface area (Å²) in [6, 6.07) is 4.99. The van der Waals surface area contributed by atoms with Gasteiger partial charge in [-0.1, -0.05) is 22.9 Å². The van der Waals surface area contributed by atoms with Crippen molar-refractivity contribution in [1.82, 2.24) is 4.98 Å². The summed E-state index contributed by atoms with van der Waals surface area (Å²) in [7, 11) is 0. The van der Waals surface area contributed by atoms with Crippen LogP contribution < -0.4 is 4.74 Å². The average molecular weight is 236 g/mol. The summed E-state index contributed by atoms with van der Waals surface area (Å²) >= 11 is 6.77. The Bertz CT molecular complexity index is 460. The molecule has 2 aromatic rings. The van der Waals surface area contributed by atoms with Gasteiger partial charge >= 0.3 is 6.61 Å². The van der Waals surface area contributed by atoms with Gasteiger partial charge in [0.1, 0.15) is 0 Å². The molecule has 0 fully saturated rings. The fraction of sp³-hybridized carbons (Fsp3) is 0.125. The van der Waals surface area contributed by atoms with Crippen LogP contribution in [-0.2, 0) is 0 Å². The molecule has 0 aliphatic heterocycles. The Kier molecular flexibility index (Phi) is 2.52. The zero-order valence-electron chi connectivity index (χ0n) is 6.71. The van der Waals surface area contributed by atoms with Crippen LogP contribution in [0.5, 0.6) is 5.19 Å². The van der Waals surface area contributed by atoms with Crippen molar-refractivity contribution in [2.24, 2.45) is 0 Å². The lowest BCUT2D eigenvalue weighted by molar-refractivity contribution is -0.0497. The van der Waals surface area contributed by atoms with Gasteiger partial charge in [0.25, 0.3) is 5.19 Å². The van der Waals surface area contributed by atoms with Crippen molar-refractivity contribution in [1.29, 1.82) is 0 Å². The van der Waals surface area contributed by atoms with Crippen LogP contribution in [0.1, 0.15) is 0 Å². The third kappa shape index (κ3) is 1.93. The van der Waals surface area contributed by atoms with E-state index >= 15 is 0 Å². The second-order valence-corrected chi connectivity index (χ2v) is 3.90. The number of rotatable bonds is 2. The second kappa shape index (κ2) is 3.67. The Hall–Kier alpha value is -0.940. The van der Waals surface area contributed by atoms with Crippen LogP contribution in [0.25, 0.3) is 10.2 Å². The Morgan fingerprint density at radius 3 is 2.93 bits per heavy atom. The van der Waals surface area contributed by atoms with E-state index in [1.54, 1.807) is 18.2 Å². The highest BCUT2D eigenvalue weighted by Crippen LogP contribution is 2.30. The first-order valence-electron chi connectivity index (χ1n) is 3.66.